The van der Waals surface area contributed by atoms with Gasteiger partial charge in [-0.15, -0.1) is 0 Å². The van der Waals surface area contributed by atoms with Gasteiger partial charge in [0.1, 0.15) is 0 Å². The van der Waals surface area contributed by atoms with Gasteiger partial charge in [-0.05, 0) is 24.7 Å². The van der Waals surface area contributed by atoms with E-state index >= 15 is 0 Å². The Hall–Kier alpha value is -0.0800. The highest BCUT2D eigenvalue weighted by molar-refractivity contribution is 4.56. The van der Waals surface area contributed by atoms with E-state index < -0.39 is 0 Å². The van der Waals surface area contributed by atoms with E-state index in [0.29, 0.717) is 25.0 Å². The van der Waals surface area contributed by atoms with Gasteiger partial charge in [-0.3, -0.25) is 0 Å². The molecule has 2 heteroatoms. The molecule has 2 unspecified atom stereocenters. The zero-order valence-corrected chi connectivity index (χ0v) is 8.29. The second-order valence-electron chi connectivity index (χ2n) is 3.84. The standard InChI is InChI=1S/C10H22O2/c1-9(6-7-11)4-3-5-10(2)8-12/h9-12H,3-8H2,1-2H3. The first-order valence-electron chi connectivity index (χ1n) is 4.92. The molecule has 0 heterocycles. The van der Waals surface area contributed by atoms with Gasteiger partial charge in [-0.25, -0.2) is 0 Å². The molecule has 0 spiro atoms. The van der Waals surface area contributed by atoms with Crippen molar-refractivity contribution in [2.24, 2.45) is 11.8 Å². The van der Waals surface area contributed by atoms with E-state index in [4.69, 9.17) is 10.2 Å². The predicted octanol–water partition coefficient (Wildman–Crippen LogP) is 1.80. The highest BCUT2D eigenvalue weighted by atomic mass is 16.3. The molecule has 0 aromatic rings. The van der Waals surface area contributed by atoms with Crippen molar-refractivity contribution in [1.82, 2.24) is 0 Å². The number of rotatable bonds is 7. The molecule has 2 N–H and O–H groups in total. The van der Waals surface area contributed by atoms with Gasteiger partial charge in [0, 0.05) is 13.2 Å². The smallest absolute Gasteiger partial charge is 0.0456 e. The highest BCUT2D eigenvalue weighted by Crippen LogP contribution is 2.14. The Morgan fingerprint density at radius 2 is 1.50 bits per heavy atom. The molecule has 12 heavy (non-hydrogen) atoms. The molecule has 0 fully saturated rings. The van der Waals surface area contributed by atoms with Crippen molar-refractivity contribution in [2.45, 2.75) is 39.5 Å². The van der Waals surface area contributed by atoms with Crippen molar-refractivity contribution < 1.29 is 10.2 Å². The summed E-state index contributed by atoms with van der Waals surface area (Å²) in [6.07, 6.45) is 4.35. The van der Waals surface area contributed by atoms with Crippen LogP contribution in [0.15, 0.2) is 0 Å². The Morgan fingerprint density at radius 1 is 0.917 bits per heavy atom. The maximum atomic E-state index is 8.76. The van der Waals surface area contributed by atoms with Crippen LogP contribution >= 0.6 is 0 Å². The Bertz CT molecular complexity index is 93.8. The topological polar surface area (TPSA) is 40.5 Å². The first kappa shape index (κ1) is 11.9. The summed E-state index contributed by atoms with van der Waals surface area (Å²) in [6, 6.07) is 0. The third kappa shape index (κ3) is 6.62. The fraction of sp³-hybridized carbons (Fsp3) is 1.00. The monoisotopic (exact) mass is 174 g/mol. The van der Waals surface area contributed by atoms with E-state index in [1.54, 1.807) is 0 Å². The van der Waals surface area contributed by atoms with Crippen LogP contribution in [0.5, 0.6) is 0 Å². The van der Waals surface area contributed by atoms with E-state index in [2.05, 4.69) is 13.8 Å². The second kappa shape index (κ2) is 7.56. The average Bonchev–Trinajstić information content (AvgIpc) is 2.04. The van der Waals surface area contributed by atoms with Crippen molar-refractivity contribution in [3.63, 3.8) is 0 Å². The van der Waals surface area contributed by atoms with Crippen LogP contribution in [0.3, 0.4) is 0 Å². The molecule has 0 bridgehead atoms. The van der Waals surface area contributed by atoms with Crippen LogP contribution in [0.4, 0.5) is 0 Å². The van der Waals surface area contributed by atoms with Crippen molar-refractivity contribution in [3.05, 3.63) is 0 Å². The number of hydrogen-bond donors (Lipinski definition) is 2. The minimum absolute atomic E-state index is 0.300. The molecule has 0 amide bonds. The molecule has 0 aliphatic heterocycles. The van der Waals surface area contributed by atoms with Gasteiger partial charge in [0.2, 0.25) is 0 Å². The van der Waals surface area contributed by atoms with Gasteiger partial charge >= 0.3 is 0 Å². The molecule has 0 aromatic heterocycles. The Balaban J connectivity index is 3.18. The highest BCUT2D eigenvalue weighted by Gasteiger charge is 2.03. The maximum absolute atomic E-state index is 8.76. The lowest BCUT2D eigenvalue weighted by atomic mass is 9.97. The molecule has 0 radical (unpaired) electrons. The molecule has 0 aliphatic carbocycles. The van der Waals surface area contributed by atoms with Crippen LogP contribution in [-0.4, -0.2) is 23.4 Å². The number of hydrogen-bond acceptors (Lipinski definition) is 2. The van der Waals surface area contributed by atoms with Crippen molar-refractivity contribution in [3.8, 4) is 0 Å². The summed E-state index contributed by atoms with van der Waals surface area (Å²) in [7, 11) is 0. The summed E-state index contributed by atoms with van der Waals surface area (Å²) in [6.45, 7) is 4.83. The lowest BCUT2D eigenvalue weighted by Crippen LogP contribution is -2.03. The van der Waals surface area contributed by atoms with Gasteiger partial charge in [0.25, 0.3) is 0 Å². The van der Waals surface area contributed by atoms with E-state index in [1.807, 2.05) is 0 Å². The predicted molar refractivity (Wildman–Crippen MR) is 51.0 cm³/mol. The van der Waals surface area contributed by atoms with Crippen LogP contribution in [0.2, 0.25) is 0 Å². The fourth-order valence-electron chi connectivity index (χ4n) is 1.27. The van der Waals surface area contributed by atoms with Gasteiger partial charge in [-0.2, -0.15) is 0 Å². The maximum Gasteiger partial charge on any atom is 0.0456 e. The van der Waals surface area contributed by atoms with Gasteiger partial charge < -0.3 is 10.2 Å². The lowest BCUT2D eigenvalue weighted by molar-refractivity contribution is 0.221. The van der Waals surface area contributed by atoms with E-state index in [-0.39, 0.29) is 0 Å². The van der Waals surface area contributed by atoms with E-state index in [0.717, 1.165) is 12.8 Å². The summed E-state index contributed by atoms with van der Waals surface area (Å²) in [4.78, 5) is 0. The minimum Gasteiger partial charge on any atom is -0.396 e. The van der Waals surface area contributed by atoms with E-state index in [9.17, 15) is 0 Å². The molecule has 0 saturated heterocycles. The lowest BCUT2D eigenvalue weighted by Gasteiger charge is -2.11. The van der Waals surface area contributed by atoms with Gasteiger partial charge in [0.05, 0.1) is 0 Å². The van der Waals surface area contributed by atoms with Crippen molar-refractivity contribution >= 4 is 0 Å². The van der Waals surface area contributed by atoms with Crippen LogP contribution in [0.1, 0.15) is 39.5 Å². The summed E-state index contributed by atoms with van der Waals surface area (Å²) in [5, 5.41) is 17.4. The fourth-order valence-corrected chi connectivity index (χ4v) is 1.27. The van der Waals surface area contributed by atoms with E-state index in [1.165, 1.54) is 12.8 Å². The van der Waals surface area contributed by atoms with Gasteiger partial charge in [-0.1, -0.05) is 26.7 Å². The zero-order valence-electron chi connectivity index (χ0n) is 8.29. The summed E-state index contributed by atoms with van der Waals surface area (Å²) in [5.41, 5.74) is 0. The second-order valence-corrected chi connectivity index (χ2v) is 3.84. The SMILES string of the molecule is CC(CO)CCCC(C)CCO. The van der Waals surface area contributed by atoms with Crippen LogP contribution < -0.4 is 0 Å². The first-order valence-corrected chi connectivity index (χ1v) is 4.92. The molecule has 74 valence electrons. The summed E-state index contributed by atoms with van der Waals surface area (Å²) in [5.74, 6) is 1.06. The molecule has 2 nitrogen and oxygen atoms in total. The Kier molecular flexibility index (Phi) is 7.51. The Labute approximate surface area is 75.6 Å². The van der Waals surface area contributed by atoms with Crippen molar-refractivity contribution in [2.75, 3.05) is 13.2 Å². The van der Waals surface area contributed by atoms with Gasteiger partial charge in [0.15, 0.2) is 0 Å². The molecule has 0 saturated carbocycles. The molecular weight excluding hydrogens is 152 g/mol. The molecule has 0 rings (SSSR count). The van der Waals surface area contributed by atoms with Crippen molar-refractivity contribution in [1.29, 1.82) is 0 Å². The minimum atomic E-state index is 0.300. The normalized spacial score (nSPS) is 16.0. The van der Waals surface area contributed by atoms with Crippen LogP contribution in [-0.2, 0) is 0 Å². The van der Waals surface area contributed by atoms with Crippen LogP contribution in [0, 0.1) is 11.8 Å². The molecular formula is C10H22O2. The summed E-state index contributed by atoms with van der Waals surface area (Å²) >= 11 is 0. The summed E-state index contributed by atoms with van der Waals surface area (Å²) < 4.78 is 0. The molecule has 0 aromatic carbocycles. The Morgan fingerprint density at radius 3 is 2.00 bits per heavy atom. The number of aliphatic hydroxyl groups excluding tert-OH is 2. The quantitative estimate of drug-likeness (QED) is 0.618. The molecule has 0 aliphatic rings. The first-order chi connectivity index (χ1) is 5.70. The zero-order chi connectivity index (χ0) is 9.40. The third-order valence-electron chi connectivity index (χ3n) is 2.33. The third-order valence-corrected chi connectivity index (χ3v) is 2.33. The molecule has 2 atom stereocenters. The largest absolute Gasteiger partial charge is 0.396 e. The van der Waals surface area contributed by atoms with Crippen LogP contribution in [0.25, 0.3) is 0 Å². The average molecular weight is 174 g/mol. The number of aliphatic hydroxyl groups is 2.